The summed E-state index contributed by atoms with van der Waals surface area (Å²) in [5, 5.41) is 1.47. The molecular weight excluding hydrogens is 410 g/mol. The zero-order valence-electron chi connectivity index (χ0n) is 17.2. The Bertz CT molecular complexity index is 1140. The molecule has 2 N–H and O–H groups in total. The van der Waals surface area contributed by atoms with E-state index < -0.39 is 5.91 Å². The fourth-order valence-electron chi connectivity index (χ4n) is 4.40. The first-order valence-corrected chi connectivity index (χ1v) is 11.1. The van der Waals surface area contributed by atoms with E-state index in [0.29, 0.717) is 13.2 Å². The summed E-state index contributed by atoms with van der Waals surface area (Å²) in [4.78, 5) is 34.8. The minimum atomic E-state index is -0.420. The number of carbonyl (C=O) groups is 2. The molecule has 2 aliphatic heterocycles. The lowest BCUT2D eigenvalue weighted by Gasteiger charge is -2.29. The number of nitrogens with two attached hydrogens (primary N) is 1. The van der Waals surface area contributed by atoms with Gasteiger partial charge in [0.05, 0.1) is 19.0 Å². The van der Waals surface area contributed by atoms with E-state index in [9.17, 15) is 9.59 Å². The largest absolute Gasteiger partial charge is 0.370 e. The summed E-state index contributed by atoms with van der Waals surface area (Å²) in [7, 11) is 0. The zero-order valence-corrected chi connectivity index (χ0v) is 18.0. The summed E-state index contributed by atoms with van der Waals surface area (Å²) in [6.45, 7) is 2.88. The molecule has 3 heterocycles. The summed E-state index contributed by atoms with van der Waals surface area (Å²) in [6.07, 6.45) is 0.103. The topological polar surface area (TPSA) is 75.9 Å². The third kappa shape index (κ3) is 3.49. The minimum absolute atomic E-state index is 0.103. The Morgan fingerprint density at radius 2 is 1.90 bits per heavy atom. The highest BCUT2D eigenvalue weighted by atomic mass is 32.1. The number of hydroxylamine groups is 2. The number of rotatable bonds is 6. The smallest absolute Gasteiger partial charge is 0.345 e. The third-order valence-corrected chi connectivity index (χ3v) is 7.22. The number of thiophene rings is 1. The van der Waals surface area contributed by atoms with Gasteiger partial charge in [0.2, 0.25) is 5.91 Å². The fraction of sp³-hybridized carbons (Fsp3) is 0.250. The SMILES string of the molecule is Cc1ccccc1-c1cc2c(s1)[C@@H](CC(N)=O)N1C[C@H]2N(OCc2ccccc2)C1=O. The molecule has 31 heavy (non-hydrogen) atoms. The van der Waals surface area contributed by atoms with Crippen molar-refractivity contribution in [3.8, 4) is 10.4 Å². The number of carbonyl (C=O) groups excluding carboxylic acids is 2. The first-order valence-electron chi connectivity index (χ1n) is 10.3. The number of benzene rings is 2. The van der Waals surface area contributed by atoms with E-state index >= 15 is 0 Å². The highest BCUT2D eigenvalue weighted by molar-refractivity contribution is 7.15. The van der Waals surface area contributed by atoms with Crippen LogP contribution in [0.2, 0.25) is 0 Å². The summed E-state index contributed by atoms with van der Waals surface area (Å²) >= 11 is 1.63. The van der Waals surface area contributed by atoms with Gasteiger partial charge in [-0.1, -0.05) is 54.6 Å². The summed E-state index contributed by atoms with van der Waals surface area (Å²) < 4.78 is 0. The molecule has 3 aromatic rings. The van der Waals surface area contributed by atoms with Crippen LogP contribution in [0.4, 0.5) is 4.79 Å². The van der Waals surface area contributed by atoms with Crippen LogP contribution in [0.5, 0.6) is 0 Å². The van der Waals surface area contributed by atoms with Crippen LogP contribution in [0.1, 0.15) is 40.1 Å². The molecule has 7 heteroatoms. The van der Waals surface area contributed by atoms with Gasteiger partial charge in [0.1, 0.15) is 12.6 Å². The summed E-state index contributed by atoms with van der Waals surface area (Å²) in [6, 6.07) is 19.4. The standard InChI is InChI=1S/C24H23N3O3S/c1-15-7-5-6-10-17(15)21-11-18-20-13-26(19(12-22(25)28)23(18)31-21)24(29)27(20)30-14-16-8-3-2-4-9-16/h2-11,19-20H,12-14H2,1H3,(H2,25,28)/t19-,20-/m1/s1. The second-order valence-corrected chi connectivity index (χ2v) is 9.05. The molecule has 2 aromatic carbocycles. The molecule has 5 rings (SSSR count). The number of fused-ring (bicyclic) bond motifs is 4. The molecule has 1 saturated heterocycles. The maximum absolute atomic E-state index is 13.2. The van der Waals surface area contributed by atoms with E-state index in [0.717, 1.165) is 26.4 Å². The van der Waals surface area contributed by atoms with E-state index in [1.165, 1.54) is 10.6 Å². The van der Waals surface area contributed by atoms with Crippen LogP contribution < -0.4 is 5.73 Å². The van der Waals surface area contributed by atoms with Gasteiger partial charge in [-0.05, 0) is 35.2 Å². The average molecular weight is 434 g/mol. The first-order chi connectivity index (χ1) is 15.0. The van der Waals surface area contributed by atoms with E-state index in [-0.39, 0.29) is 24.5 Å². The van der Waals surface area contributed by atoms with Gasteiger partial charge < -0.3 is 10.6 Å². The van der Waals surface area contributed by atoms with Crippen LogP contribution in [-0.4, -0.2) is 28.4 Å². The van der Waals surface area contributed by atoms with E-state index in [4.69, 9.17) is 10.6 Å². The molecule has 1 fully saturated rings. The molecule has 2 atom stereocenters. The van der Waals surface area contributed by atoms with Crippen molar-refractivity contribution in [1.29, 1.82) is 0 Å². The van der Waals surface area contributed by atoms with Crippen molar-refractivity contribution in [2.24, 2.45) is 5.73 Å². The van der Waals surface area contributed by atoms with Gasteiger partial charge in [-0.2, -0.15) is 5.06 Å². The molecule has 158 valence electrons. The number of aryl methyl sites for hydroxylation is 1. The van der Waals surface area contributed by atoms with Crippen LogP contribution in [-0.2, 0) is 16.2 Å². The van der Waals surface area contributed by atoms with Crippen LogP contribution in [0.25, 0.3) is 10.4 Å². The van der Waals surface area contributed by atoms with Crippen molar-refractivity contribution in [3.05, 3.63) is 82.2 Å². The Balaban J connectivity index is 1.52. The van der Waals surface area contributed by atoms with Gasteiger partial charge in [-0.15, -0.1) is 11.3 Å². The van der Waals surface area contributed by atoms with Gasteiger partial charge in [0.15, 0.2) is 0 Å². The molecule has 2 aliphatic rings. The summed E-state index contributed by atoms with van der Waals surface area (Å²) in [5.41, 5.74) is 9.94. The Labute approximate surface area is 184 Å². The normalized spacial score (nSPS) is 19.6. The van der Waals surface area contributed by atoms with Crippen molar-refractivity contribution < 1.29 is 14.4 Å². The van der Waals surface area contributed by atoms with Gasteiger partial charge >= 0.3 is 6.03 Å². The lowest BCUT2D eigenvalue weighted by atomic mass is 9.96. The highest BCUT2D eigenvalue weighted by Gasteiger charge is 2.50. The van der Waals surface area contributed by atoms with Crippen molar-refractivity contribution in [2.75, 3.05) is 6.54 Å². The third-order valence-electron chi connectivity index (χ3n) is 5.93. The number of nitrogens with zero attached hydrogens (tertiary/aromatic N) is 2. The van der Waals surface area contributed by atoms with Crippen LogP contribution in [0.15, 0.2) is 60.7 Å². The molecule has 2 bridgehead atoms. The van der Waals surface area contributed by atoms with E-state index in [2.05, 4.69) is 25.1 Å². The predicted molar refractivity (Wildman–Crippen MR) is 119 cm³/mol. The summed E-state index contributed by atoms with van der Waals surface area (Å²) in [5.74, 6) is -0.420. The van der Waals surface area contributed by atoms with Crippen molar-refractivity contribution in [2.45, 2.75) is 32.0 Å². The zero-order chi connectivity index (χ0) is 21.5. The quantitative estimate of drug-likeness (QED) is 0.619. The van der Waals surface area contributed by atoms with E-state index in [1.54, 1.807) is 16.2 Å². The van der Waals surface area contributed by atoms with Crippen molar-refractivity contribution in [1.82, 2.24) is 9.96 Å². The van der Waals surface area contributed by atoms with Gasteiger partial charge in [0, 0.05) is 9.75 Å². The van der Waals surface area contributed by atoms with Crippen LogP contribution >= 0.6 is 11.3 Å². The minimum Gasteiger partial charge on any atom is -0.370 e. The lowest BCUT2D eigenvalue weighted by Crippen LogP contribution is -2.36. The van der Waals surface area contributed by atoms with Crippen LogP contribution in [0.3, 0.4) is 0 Å². The molecule has 0 unspecified atom stereocenters. The molecule has 3 amide bonds. The van der Waals surface area contributed by atoms with Crippen molar-refractivity contribution >= 4 is 23.3 Å². The molecule has 0 saturated carbocycles. The molecular formula is C24H23N3O3S. The molecule has 1 aromatic heterocycles. The maximum Gasteiger partial charge on any atom is 0.345 e. The number of hydrogen-bond acceptors (Lipinski definition) is 4. The number of urea groups is 1. The molecule has 0 radical (unpaired) electrons. The maximum atomic E-state index is 13.2. The Morgan fingerprint density at radius 3 is 2.65 bits per heavy atom. The monoisotopic (exact) mass is 433 g/mol. The molecule has 0 spiro atoms. The molecule has 0 aliphatic carbocycles. The Kier molecular flexibility index (Phi) is 5.00. The van der Waals surface area contributed by atoms with Gasteiger partial charge in [-0.25, -0.2) is 4.79 Å². The second-order valence-electron chi connectivity index (χ2n) is 7.97. The number of primary amides is 1. The van der Waals surface area contributed by atoms with Crippen LogP contribution in [0, 0.1) is 6.92 Å². The Hall–Kier alpha value is -3.16. The number of hydrogen-bond donors (Lipinski definition) is 1. The predicted octanol–water partition coefficient (Wildman–Crippen LogP) is 4.56. The van der Waals surface area contributed by atoms with Gasteiger partial charge in [0.25, 0.3) is 0 Å². The Morgan fingerprint density at radius 1 is 1.16 bits per heavy atom. The fourth-order valence-corrected chi connectivity index (χ4v) is 5.83. The van der Waals surface area contributed by atoms with Crippen molar-refractivity contribution in [3.63, 3.8) is 0 Å². The lowest BCUT2D eigenvalue weighted by molar-refractivity contribution is -0.141. The highest BCUT2D eigenvalue weighted by Crippen LogP contribution is 2.50. The molecule has 6 nitrogen and oxygen atoms in total. The second kappa shape index (κ2) is 7.83. The van der Waals surface area contributed by atoms with E-state index in [1.807, 2.05) is 42.5 Å². The average Bonchev–Trinajstić information content (AvgIpc) is 3.32. The first kappa shape index (κ1) is 19.8. The number of amides is 3. The van der Waals surface area contributed by atoms with Gasteiger partial charge in [-0.3, -0.25) is 9.63 Å².